The van der Waals surface area contributed by atoms with Crippen molar-refractivity contribution in [3.8, 4) is 17.4 Å². The van der Waals surface area contributed by atoms with Crippen LogP contribution >= 0.6 is 11.6 Å². The number of amides is 2. The lowest BCUT2D eigenvalue weighted by Crippen LogP contribution is -2.35. The molecule has 0 saturated heterocycles. The first-order valence-corrected chi connectivity index (χ1v) is 12.3. The van der Waals surface area contributed by atoms with Gasteiger partial charge in [-0.2, -0.15) is 0 Å². The van der Waals surface area contributed by atoms with E-state index in [0.29, 0.717) is 30.4 Å². The molecule has 0 aliphatic rings. The van der Waals surface area contributed by atoms with Crippen molar-refractivity contribution in [3.05, 3.63) is 77.4 Å². The first-order chi connectivity index (χ1) is 17.7. The zero-order valence-electron chi connectivity index (χ0n) is 22.1. The molecule has 0 aliphatic carbocycles. The van der Waals surface area contributed by atoms with Crippen molar-refractivity contribution in [1.29, 1.82) is 0 Å². The molecule has 2 aromatic carbocycles. The molecule has 0 fully saturated rings. The van der Waals surface area contributed by atoms with Crippen molar-refractivity contribution >= 4 is 29.6 Å². The Balaban J connectivity index is 0.000000327. The summed E-state index contributed by atoms with van der Waals surface area (Å²) in [7, 11) is 1.62. The Morgan fingerprint density at radius 3 is 2.14 bits per heavy atom. The summed E-state index contributed by atoms with van der Waals surface area (Å²) in [5, 5.41) is 8.71. The number of aromatic nitrogens is 1. The zero-order valence-corrected chi connectivity index (χ0v) is 22.8. The third-order valence-electron chi connectivity index (χ3n) is 4.16. The molecule has 8 nitrogen and oxygen atoms in total. The van der Waals surface area contributed by atoms with Crippen LogP contribution in [0.2, 0.25) is 5.02 Å². The molecule has 200 valence electrons. The second-order valence-corrected chi connectivity index (χ2v) is 8.90. The van der Waals surface area contributed by atoms with Crippen molar-refractivity contribution < 1.29 is 19.1 Å². The Hall–Kier alpha value is -3.78. The lowest BCUT2D eigenvalue weighted by atomic mass is 10.2. The number of pyridine rings is 1. The fourth-order valence-electron chi connectivity index (χ4n) is 2.46. The Labute approximate surface area is 224 Å². The Morgan fingerprint density at radius 2 is 1.59 bits per heavy atom. The van der Waals surface area contributed by atoms with Crippen molar-refractivity contribution in [2.24, 2.45) is 5.92 Å². The van der Waals surface area contributed by atoms with Gasteiger partial charge < -0.3 is 25.4 Å². The summed E-state index contributed by atoms with van der Waals surface area (Å²) < 4.78 is 10.6. The maximum absolute atomic E-state index is 11.1. The molecule has 3 rings (SSSR count). The highest BCUT2D eigenvalue weighted by molar-refractivity contribution is 6.30. The summed E-state index contributed by atoms with van der Waals surface area (Å²) in [5.41, 5.74) is 2.16. The minimum Gasteiger partial charge on any atom is -0.497 e. The van der Waals surface area contributed by atoms with Crippen LogP contribution in [0, 0.1) is 12.8 Å². The van der Waals surface area contributed by atoms with E-state index in [1.807, 2.05) is 55.5 Å². The monoisotopic (exact) mass is 528 g/mol. The van der Waals surface area contributed by atoms with Gasteiger partial charge in [0, 0.05) is 31.0 Å². The minimum atomic E-state index is -0.210. The van der Waals surface area contributed by atoms with Crippen LogP contribution in [0.25, 0.3) is 0 Å². The van der Waals surface area contributed by atoms with Gasteiger partial charge in [-0.25, -0.2) is 4.98 Å². The normalized spacial score (nSPS) is 9.59. The van der Waals surface area contributed by atoms with E-state index in [2.05, 4.69) is 41.7 Å². The highest BCUT2D eigenvalue weighted by Gasteiger charge is 1.99. The SMILES string of the molecule is CC(C)C.COc1ccc(NCCNC(=O)CNC=O)cc1.Cc1ccc(Oc2ccc(Cl)cn2)cc1. The van der Waals surface area contributed by atoms with E-state index in [4.69, 9.17) is 21.1 Å². The number of anilines is 1. The number of methoxy groups -OCH3 is 1. The average molecular weight is 529 g/mol. The third kappa shape index (κ3) is 15.8. The summed E-state index contributed by atoms with van der Waals surface area (Å²) in [5.74, 6) is 2.74. The van der Waals surface area contributed by atoms with E-state index in [9.17, 15) is 9.59 Å². The second-order valence-electron chi connectivity index (χ2n) is 8.47. The van der Waals surface area contributed by atoms with Gasteiger partial charge in [0.05, 0.1) is 18.7 Å². The van der Waals surface area contributed by atoms with E-state index in [-0.39, 0.29) is 12.5 Å². The third-order valence-corrected chi connectivity index (χ3v) is 4.38. The predicted molar refractivity (Wildman–Crippen MR) is 150 cm³/mol. The largest absolute Gasteiger partial charge is 0.497 e. The van der Waals surface area contributed by atoms with E-state index in [1.54, 1.807) is 25.4 Å². The van der Waals surface area contributed by atoms with Crippen LogP contribution in [0.15, 0.2) is 66.9 Å². The maximum atomic E-state index is 11.1. The number of nitrogens with zero attached hydrogens (tertiary/aromatic N) is 1. The van der Waals surface area contributed by atoms with Gasteiger partial charge in [0.25, 0.3) is 0 Å². The van der Waals surface area contributed by atoms with E-state index in [0.717, 1.165) is 23.1 Å². The Morgan fingerprint density at radius 1 is 0.973 bits per heavy atom. The Kier molecular flexibility index (Phi) is 15.6. The molecule has 0 spiro atoms. The molecule has 37 heavy (non-hydrogen) atoms. The van der Waals surface area contributed by atoms with Crippen molar-refractivity contribution in [2.75, 3.05) is 32.1 Å². The van der Waals surface area contributed by atoms with Gasteiger partial charge >= 0.3 is 0 Å². The van der Waals surface area contributed by atoms with Crippen LogP contribution in [-0.2, 0) is 9.59 Å². The molecule has 0 saturated carbocycles. The molecular weight excluding hydrogens is 492 g/mol. The lowest BCUT2D eigenvalue weighted by Gasteiger charge is -2.08. The number of carbonyl (C=O) groups is 2. The first-order valence-electron chi connectivity index (χ1n) is 11.9. The minimum absolute atomic E-state index is 0.00599. The number of halogens is 1. The van der Waals surface area contributed by atoms with Gasteiger partial charge in [0.15, 0.2) is 0 Å². The fourth-order valence-corrected chi connectivity index (χ4v) is 2.58. The number of hydrogen-bond acceptors (Lipinski definition) is 6. The van der Waals surface area contributed by atoms with E-state index >= 15 is 0 Å². The molecule has 9 heteroatoms. The van der Waals surface area contributed by atoms with Crippen molar-refractivity contribution in [3.63, 3.8) is 0 Å². The van der Waals surface area contributed by atoms with Gasteiger partial charge in [-0.3, -0.25) is 9.59 Å². The van der Waals surface area contributed by atoms with E-state index in [1.165, 1.54) is 5.56 Å². The zero-order chi connectivity index (χ0) is 27.5. The standard InChI is InChI=1S/C12H10ClNO.C12H17N3O3.C4H10/c1-9-2-5-11(6-3-9)15-12-7-4-10(13)8-14-12;1-18-11-4-2-10(3-5-11)14-6-7-15-12(17)8-13-9-16;1-4(2)3/h2-8H,1H3;2-5,9,14H,6-8H2,1H3,(H,13,16)(H,15,17);4H,1-3H3. The van der Waals surface area contributed by atoms with Crippen LogP contribution in [0.1, 0.15) is 26.3 Å². The predicted octanol–water partition coefficient (Wildman–Crippen LogP) is 5.47. The number of hydrogen-bond donors (Lipinski definition) is 3. The number of aryl methyl sites for hydroxylation is 1. The van der Waals surface area contributed by atoms with Gasteiger partial charge in [0.2, 0.25) is 18.2 Å². The summed E-state index contributed by atoms with van der Waals surface area (Å²) >= 11 is 5.72. The highest BCUT2D eigenvalue weighted by atomic mass is 35.5. The number of carbonyl (C=O) groups excluding carboxylic acids is 2. The number of rotatable bonds is 10. The lowest BCUT2D eigenvalue weighted by molar-refractivity contribution is -0.122. The molecule has 0 radical (unpaired) electrons. The van der Waals surface area contributed by atoms with E-state index < -0.39 is 0 Å². The second kappa shape index (κ2) is 18.5. The molecule has 0 bridgehead atoms. The number of nitrogens with one attached hydrogen (secondary N) is 3. The molecular formula is C28H37ClN4O4. The topological polar surface area (TPSA) is 102 Å². The van der Waals surface area contributed by atoms with Crippen LogP contribution in [-0.4, -0.2) is 44.0 Å². The fraction of sp³-hybridized carbons (Fsp3) is 0.321. The molecule has 1 heterocycles. The average Bonchev–Trinajstić information content (AvgIpc) is 2.88. The van der Waals surface area contributed by atoms with Crippen LogP contribution in [0.5, 0.6) is 17.4 Å². The Bertz CT molecular complexity index is 981. The van der Waals surface area contributed by atoms with Crippen LogP contribution in [0.3, 0.4) is 0 Å². The van der Waals surface area contributed by atoms with Crippen molar-refractivity contribution in [1.82, 2.24) is 15.6 Å². The van der Waals surface area contributed by atoms with Gasteiger partial charge in [-0.05, 0) is 55.3 Å². The summed E-state index contributed by atoms with van der Waals surface area (Å²) in [6.07, 6.45) is 2.06. The first kappa shape index (κ1) is 31.3. The number of ether oxygens (including phenoxy) is 2. The maximum Gasteiger partial charge on any atom is 0.239 e. The summed E-state index contributed by atoms with van der Waals surface area (Å²) in [6, 6.07) is 18.8. The number of benzene rings is 2. The molecule has 2 amide bonds. The van der Waals surface area contributed by atoms with Gasteiger partial charge in [-0.15, -0.1) is 0 Å². The highest BCUT2D eigenvalue weighted by Crippen LogP contribution is 2.20. The van der Waals surface area contributed by atoms with Gasteiger partial charge in [-0.1, -0.05) is 50.1 Å². The van der Waals surface area contributed by atoms with Crippen LogP contribution < -0.4 is 25.4 Å². The molecule has 3 N–H and O–H groups in total. The quantitative estimate of drug-likeness (QED) is 0.238. The van der Waals surface area contributed by atoms with Crippen LogP contribution in [0.4, 0.5) is 5.69 Å². The summed E-state index contributed by atoms with van der Waals surface area (Å²) in [4.78, 5) is 25.1. The smallest absolute Gasteiger partial charge is 0.239 e. The molecule has 0 unspecified atom stereocenters. The van der Waals surface area contributed by atoms with Gasteiger partial charge in [0.1, 0.15) is 11.5 Å². The molecule has 3 aromatic rings. The molecule has 0 aliphatic heterocycles. The summed E-state index contributed by atoms with van der Waals surface area (Å²) in [6.45, 7) is 9.64. The van der Waals surface area contributed by atoms with Crippen molar-refractivity contribution in [2.45, 2.75) is 27.7 Å². The molecule has 0 atom stereocenters. The molecule has 1 aromatic heterocycles.